The Labute approximate surface area is 97.4 Å². The Bertz CT molecular complexity index is 212. The van der Waals surface area contributed by atoms with E-state index < -0.39 is 0 Å². The largest absolute Gasteiger partial charge is 0.466 e. The van der Waals surface area contributed by atoms with E-state index in [0.717, 1.165) is 19.4 Å². The number of carbonyl (C=O) groups is 1. The molecule has 1 aliphatic carbocycles. The lowest BCUT2D eigenvalue weighted by molar-refractivity contribution is -0.143. The minimum atomic E-state index is -0.153. The lowest BCUT2D eigenvalue weighted by atomic mass is 9.87. The monoisotopic (exact) mass is 229 g/mol. The second-order valence-electron chi connectivity index (χ2n) is 4.60. The molecule has 2 N–H and O–H groups in total. The van der Waals surface area contributed by atoms with Crippen LogP contribution in [0.15, 0.2) is 0 Å². The molecule has 0 aromatic heterocycles. The molecule has 0 atom stereocenters. The average molecular weight is 229 g/mol. The smallest absolute Gasteiger partial charge is 0.307 e. The van der Waals surface area contributed by atoms with Crippen molar-refractivity contribution in [3.63, 3.8) is 0 Å². The SMILES string of the molecule is CCOC(=O)CCNCC1(CO)CCCC1. The van der Waals surface area contributed by atoms with Crippen LogP contribution < -0.4 is 5.32 Å². The van der Waals surface area contributed by atoms with Crippen LogP contribution >= 0.6 is 0 Å². The molecule has 4 nitrogen and oxygen atoms in total. The molecule has 94 valence electrons. The minimum absolute atomic E-state index is 0.0641. The molecule has 1 aliphatic rings. The summed E-state index contributed by atoms with van der Waals surface area (Å²) >= 11 is 0. The first-order valence-corrected chi connectivity index (χ1v) is 6.20. The zero-order valence-corrected chi connectivity index (χ0v) is 10.1. The molecule has 0 saturated heterocycles. The molecule has 0 aromatic rings. The van der Waals surface area contributed by atoms with Crippen molar-refractivity contribution in [1.29, 1.82) is 0 Å². The first-order chi connectivity index (χ1) is 7.72. The summed E-state index contributed by atoms with van der Waals surface area (Å²) in [5.74, 6) is -0.153. The topological polar surface area (TPSA) is 58.6 Å². The average Bonchev–Trinajstić information content (AvgIpc) is 2.74. The highest BCUT2D eigenvalue weighted by Crippen LogP contribution is 2.36. The Morgan fingerprint density at radius 1 is 1.44 bits per heavy atom. The Balaban J connectivity index is 2.12. The van der Waals surface area contributed by atoms with Gasteiger partial charge in [-0.1, -0.05) is 12.8 Å². The van der Waals surface area contributed by atoms with Crippen LogP contribution in [0.5, 0.6) is 0 Å². The van der Waals surface area contributed by atoms with E-state index in [1.54, 1.807) is 0 Å². The molecular weight excluding hydrogens is 206 g/mol. The van der Waals surface area contributed by atoms with Crippen LogP contribution in [-0.4, -0.2) is 37.4 Å². The summed E-state index contributed by atoms with van der Waals surface area (Å²) < 4.78 is 4.84. The number of aliphatic hydroxyl groups excluding tert-OH is 1. The van der Waals surface area contributed by atoms with Crippen molar-refractivity contribution in [2.75, 3.05) is 26.3 Å². The van der Waals surface area contributed by atoms with Gasteiger partial charge in [0.25, 0.3) is 0 Å². The number of aliphatic hydroxyl groups is 1. The zero-order chi connectivity index (χ0) is 11.9. The van der Waals surface area contributed by atoms with Gasteiger partial charge in [0.1, 0.15) is 0 Å². The van der Waals surface area contributed by atoms with Crippen LogP contribution in [0.1, 0.15) is 39.0 Å². The molecule has 0 unspecified atom stereocenters. The van der Waals surface area contributed by atoms with E-state index >= 15 is 0 Å². The fourth-order valence-electron chi connectivity index (χ4n) is 2.29. The summed E-state index contributed by atoms with van der Waals surface area (Å²) in [6, 6.07) is 0. The van der Waals surface area contributed by atoms with E-state index in [9.17, 15) is 9.90 Å². The van der Waals surface area contributed by atoms with E-state index in [1.165, 1.54) is 12.8 Å². The van der Waals surface area contributed by atoms with E-state index in [-0.39, 0.29) is 18.0 Å². The number of nitrogens with one attached hydrogen (secondary N) is 1. The Kier molecular flexibility index (Phi) is 5.77. The van der Waals surface area contributed by atoms with Gasteiger partial charge in [-0.15, -0.1) is 0 Å². The van der Waals surface area contributed by atoms with E-state index in [2.05, 4.69) is 5.32 Å². The maximum absolute atomic E-state index is 11.1. The van der Waals surface area contributed by atoms with Crippen LogP contribution in [0.3, 0.4) is 0 Å². The van der Waals surface area contributed by atoms with Crippen molar-refractivity contribution in [2.24, 2.45) is 5.41 Å². The number of ether oxygens (including phenoxy) is 1. The second-order valence-corrected chi connectivity index (χ2v) is 4.60. The van der Waals surface area contributed by atoms with Gasteiger partial charge in [0.2, 0.25) is 0 Å². The third-order valence-electron chi connectivity index (χ3n) is 3.31. The van der Waals surface area contributed by atoms with Crippen LogP contribution in [-0.2, 0) is 9.53 Å². The van der Waals surface area contributed by atoms with Crippen LogP contribution in [0.25, 0.3) is 0 Å². The number of hydrogen-bond donors (Lipinski definition) is 2. The van der Waals surface area contributed by atoms with Gasteiger partial charge < -0.3 is 15.2 Å². The molecule has 1 saturated carbocycles. The maximum Gasteiger partial charge on any atom is 0.307 e. The van der Waals surface area contributed by atoms with Gasteiger partial charge >= 0.3 is 5.97 Å². The summed E-state index contributed by atoms with van der Waals surface area (Å²) in [6.07, 6.45) is 5.02. The standard InChI is InChI=1S/C12H23NO3/c1-2-16-11(15)5-8-13-9-12(10-14)6-3-4-7-12/h13-14H,2-10H2,1H3. The van der Waals surface area contributed by atoms with Crippen molar-refractivity contribution < 1.29 is 14.6 Å². The van der Waals surface area contributed by atoms with Gasteiger partial charge in [0.05, 0.1) is 13.0 Å². The Morgan fingerprint density at radius 2 is 2.12 bits per heavy atom. The molecule has 0 heterocycles. The van der Waals surface area contributed by atoms with Gasteiger partial charge in [-0.3, -0.25) is 4.79 Å². The summed E-state index contributed by atoms with van der Waals surface area (Å²) in [7, 11) is 0. The molecular formula is C12H23NO3. The third-order valence-corrected chi connectivity index (χ3v) is 3.31. The van der Waals surface area contributed by atoms with Crippen molar-refractivity contribution in [1.82, 2.24) is 5.32 Å². The molecule has 4 heteroatoms. The van der Waals surface area contributed by atoms with Gasteiger partial charge in [-0.05, 0) is 19.8 Å². The molecule has 0 bridgehead atoms. The van der Waals surface area contributed by atoms with Crippen molar-refractivity contribution in [3.8, 4) is 0 Å². The highest BCUT2D eigenvalue weighted by molar-refractivity contribution is 5.69. The van der Waals surface area contributed by atoms with Crippen molar-refractivity contribution in [3.05, 3.63) is 0 Å². The Hall–Kier alpha value is -0.610. The summed E-state index contributed by atoms with van der Waals surface area (Å²) in [5, 5.41) is 12.6. The Morgan fingerprint density at radius 3 is 2.69 bits per heavy atom. The van der Waals surface area contributed by atoms with Crippen LogP contribution in [0.2, 0.25) is 0 Å². The number of carbonyl (C=O) groups excluding carboxylic acids is 1. The summed E-state index contributed by atoms with van der Waals surface area (Å²) in [6.45, 7) is 3.95. The van der Waals surface area contributed by atoms with Crippen LogP contribution in [0.4, 0.5) is 0 Å². The molecule has 0 aliphatic heterocycles. The predicted octanol–water partition coefficient (Wildman–Crippen LogP) is 1.08. The number of hydrogen-bond acceptors (Lipinski definition) is 4. The summed E-state index contributed by atoms with van der Waals surface area (Å²) in [4.78, 5) is 11.1. The molecule has 16 heavy (non-hydrogen) atoms. The molecule has 0 amide bonds. The number of rotatable bonds is 7. The normalized spacial score (nSPS) is 18.6. The molecule has 0 spiro atoms. The van der Waals surface area contributed by atoms with E-state index in [0.29, 0.717) is 19.6 Å². The van der Waals surface area contributed by atoms with Crippen molar-refractivity contribution in [2.45, 2.75) is 39.0 Å². The summed E-state index contributed by atoms with van der Waals surface area (Å²) in [5.41, 5.74) is 0.0641. The fourth-order valence-corrected chi connectivity index (χ4v) is 2.29. The molecule has 0 radical (unpaired) electrons. The molecule has 1 fully saturated rings. The number of esters is 1. The lowest BCUT2D eigenvalue weighted by Crippen LogP contribution is -2.36. The predicted molar refractivity (Wildman–Crippen MR) is 62.1 cm³/mol. The highest BCUT2D eigenvalue weighted by atomic mass is 16.5. The lowest BCUT2D eigenvalue weighted by Gasteiger charge is -2.26. The quantitative estimate of drug-likeness (QED) is 0.506. The van der Waals surface area contributed by atoms with E-state index in [4.69, 9.17) is 4.74 Å². The van der Waals surface area contributed by atoms with Gasteiger partial charge in [-0.25, -0.2) is 0 Å². The van der Waals surface area contributed by atoms with Gasteiger partial charge in [0.15, 0.2) is 0 Å². The van der Waals surface area contributed by atoms with E-state index in [1.807, 2.05) is 6.92 Å². The third kappa shape index (κ3) is 4.10. The zero-order valence-electron chi connectivity index (χ0n) is 10.1. The second kappa shape index (κ2) is 6.86. The van der Waals surface area contributed by atoms with Gasteiger partial charge in [-0.2, -0.15) is 0 Å². The van der Waals surface area contributed by atoms with Crippen LogP contribution in [0, 0.1) is 5.41 Å². The van der Waals surface area contributed by atoms with Crippen molar-refractivity contribution >= 4 is 5.97 Å². The fraction of sp³-hybridized carbons (Fsp3) is 0.917. The highest BCUT2D eigenvalue weighted by Gasteiger charge is 2.32. The first kappa shape index (κ1) is 13.5. The van der Waals surface area contributed by atoms with Gasteiger partial charge in [0, 0.05) is 25.1 Å². The molecule has 1 rings (SSSR count). The maximum atomic E-state index is 11.1. The molecule has 0 aromatic carbocycles. The first-order valence-electron chi connectivity index (χ1n) is 6.20. The minimum Gasteiger partial charge on any atom is -0.466 e.